The van der Waals surface area contributed by atoms with E-state index < -0.39 is 0 Å². The lowest BCUT2D eigenvalue weighted by atomic mass is 9.73. The van der Waals surface area contributed by atoms with E-state index in [9.17, 15) is 0 Å². The molecule has 24 heavy (non-hydrogen) atoms. The standard InChI is InChI=1S/C17H15BrN4O2/c18-13-3-1-2-12(10-13)17(4-8-23-9-5-17)16-21-15(24-22-16)14-11-19-6-7-20-14/h1-3,6-7,10-11H,4-5,8-9H2. The normalized spacial score (nSPS) is 16.9. The third-order valence-corrected chi connectivity index (χ3v) is 4.85. The van der Waals surface area contributed by atoms with Crippen LogP contribution in [0.4, 0.5) is 0 Å². The van der Waals surface area contributed by atoms with Gasteiger partial charge in [-0.25, -0.2) is 4.98 Å². The number of hydrogen-bond donors (Lipinski definition) is 0. The molecule has 3 heterocycles. The molecule has 2 aromatic heterocycles. The van der Waals surface area contributed by atoms with Crippen LogP contribution in [0.25, 0.3) is 11.6 Å². The van der Waals surface area contributed by atoms with Crippen molar-refractivity contribution in [1.29, 1.82) is 0 Å². The van der Waals surface area contributed by atoms with E-state index in [1.165, 1.54) is 0 Å². The molecule has 0 saturated carbocycles. The Morgan fingerprint density at radius 2 is 2.00 bits per heavy atom. The predicted octanol–water partition coefficient (Wildman–Crippen LogP) is 3.39. The van der Waals surface area contributed by atoms with E-state index in [2.05, 4.69) is 48.2 Å². The van der Waals surface area contributed by atoms with Gasteiger partial charge in [-0.15, -0.1) is 0 Å². The van der Waals surface area contributed by atoms with Crippen molar-refractivity contribution < 1.29 is 9.26 Å². The van der Waals surface area contributed by atoms with Gasteiger partial charge in [0.15, 0.2) is 5.82 Å². The fourth-order valence-corrected chi connectivity index (χ4v) is 3.48. The van der Waals surface area contributed by atoms with Crippen molar-refractivity contribution in [3.63, 3.8) is 0 Å². The highest BCUT2D eigenvalue weighted by atomic mass is 79.9. The van der Waals surface area contributed by atoms with Crippen LogP contribution < -0.4 is 0 Å². The first-order valence-corrected chi connectivity index (χ1v) is 8.52. The molecule has 0 radical (unpaired) electrons. The summed E-state index contributed by atoms with van der Waals surface area (Å²) in [6.45, 7) is 1.34. The van der Waals surface area contributed by atoms with Crippen molar-refractivity contribution in [2.24, 2.45) is 0 Å². The number of hydrogen-bond acceptors (Lipinski definition) is 6. The summed E-state index contributed by atoms with van der Waals surface area (Å²) in [6, 6.07) is 8.26. The Balaban J connectivity index is 1.79. The molecule has 1 fully saturated rings. The summed E-state index contributed by atoms with van der Waals surface area (Å²) in [5.41, 5.74) is 1.42. The maximum atomic E-state index is 5.57. The molecular weight excluding hydrogens is 372 g/mol. The van der Waals surface area contributed by atoms with Gasteiger partial charge in [0.2, 0.25) is 0 Å². The molecule has 0 bridgehead atoms. The lowest BCUT2D eigenvalue weighted by Gasteiger charge is -2.34. The molecule has 3 aromatic rings. The summed E-state index contributed by atoms with van der Waals surface area (Å²) >= 11 is 3.55. The molecule has 0 aliphatic carbocycles. The average Bonchev–Trinajstić information content (AvgIpc) is 3.14. The summed E-state index contributed by atoms with van der Waals surface area (Å²) in [5, 5.41) is 4.27. The van der Waals surface area contributed by atoms with Gasteiger partial charge in [0.1, 0.15) is 5.69 Å². The smallest absolute Gasteiger partial charge is 0.278 e. The third-order valence-electron chi connectivity index (χ3n) is 4.36. The van der Waals surface area contributed by atoms with Gasteiger partial charge >= 0.3 is 0 Å². The molecule has 1 aliphatic rings. The molecule has 0 amide bonds. The molecule has 122 valence electrons. The van der Waals surface area contributed by atoms with E-state index in [1.54, 1.807) is 18.6 Å². The number of benzene rings is 1. The number of ether oxygens (including phenoxy) is 1. The minimum atomic E-state index is -0.314. The molecule has 0 N–H and O–H groups in total. The van der Waals surface area contributed by atoms with Crippen molar-refractivity contribution in [3.05, 3.63) is 58.7 Å². The molecule has 0 atom stereocenters. The van der Waals surface area contributed by atoms with Crippen LogP contribution >= 0.6 is 15.9 Å². The Labute approximate surface area is 147 Å². The molecule has 0 spiro atoms. The Kier molecular flexibility index (Phi) is 4.12. The highest BCUT2D eigenvalue weighted by Gasteiger charge is 2.41. The van der Waals surface area contributed by atoms with Gasteiger partial charge in [0, 0.05) is 30.1 Å². The molecule has 7 heteroatoms. The monoisotopic (exact) mass is 386 g/mol. The second kappa shape index (κ2) is 6.41. The highest BCUT2D eigenvalue weighted by Crippen LogP contribution is 2.41. The largest absolute Gasteiger partial charge is 0.381 e. The zero-order valence-electron chi connectivity index (χ0n) is 12.9. The number of rotatable bonds is 3. The maximum absolute atomic E-state index is 5.57. The Morgan fingerprint density at radius 3 is 2.75 bits per heavy atom. The minimum Gasteiger partial charge on any atom is -0.381 e. The van der Waals surface area contributed by atoms with E-state index in [4.69, 9.17) is 9.26 Å². The van der Waals surface area contributed by atoms with E-state index in [1.807, 2.05) is 12.1 Å². The van der Waals surface area contributed by atoms with Crippen LogP contribution in [0.15, 0.2) is 51.9 Å². The van der Waals surface area contributed by atoms with Crippen LogP contribution in [0.1, 0.15) is 24.2 Å². The SMILES string of the molecule is Brc1cccc(C2(c3noc(-c4cnccn4)n3)CCOCC2)c1. The zero-order valence-corrected chi connectivity index (χ0v) is 14.4. The molecule has 4 rings (SSSR count). The second-order valence-corrected chi connectivity index (χ2v) is 6.63. The Morgan fingerprint density at radius 1 is 1.12 bits per heavy atom. The van der Waals surface area contributed by atoms with Crippen LogP contribution in [0.5, 0.6) is 0 Å². The van der Waals surface area contributed by atoms with Crippen LogP contribution in [-0.4, -0.2) is 33.3 Å². The average molecular weight is 387 g/mol. The Hall–Kier alpha value is -2.12. The number of aromatic nitrogens is 4. The second-order valence-electron chi connectivity index (χ2n) is 5.72. The van der Waals surface area contributed by atoms with Crippen molar-refractivity contribution >= 4 is 15.9 Å². The fourth-order valence-electron chi connectivity index (χ4n) is 3.08. The number of halogens is 1. The van der Waals surface area contributed by atoms with Gasteiger partial charge in [-0.2, -0.15) is 4.98 Å². The molecular formula is C17H15BrN4O2. The number of nitrogens with zero attached hydrogens (tertiary/aromatic N) is 4. The predicted molar refractivity (Wildman–Crippen MR) is 90.3 cm³/mol. The van der Waals surface area contributed by atoms with Gasteiger partial charge in [-0.1, -0.05) is 33.2 Å². The van der Waals surface area contributed by atoms with Crippen LogP contribution in [0.3, 0.4) is 0 Å². The van der Waals surface area contributed by atoms with Gasteiger partial charge < -0.3 is 9.26 Å². The van der Waals surface area contributed by atoms with E-state index in [-0.39, 0.29) is 5.41 Å². The molecule has 1 aromatic carbocycles. The first-order valence-electron chi connectivity index (χ1n) is 7.72. The van der Waals surface area contributed by atoms with Gasteiger partial charge in [-0.05, 0) is 30.5 Å². The minimum absolute atomic E-state index is 0.314. The van der Waals surface area contributed by atoms with Crippen LogP contribution in [-0.2, 0) is 10.2 Å². The summed E-state index contributed by atoms with van der Waals surface area (Å²) < 4.78 is 12.1. The topological polar surface area (TPSA) is 73.9 Å². The van der Waals surface area contributed by atoms with Gasteiger partial charge in [0.25, 0.3) is 5.89 Å². The van der Waals surface area contributed by atoms with Crippen LogP contribution in [0.2, 0.25) is 0 Å². The molecule has 0 unspecified atom stereocenters. The quantitative estimate of drug-likeness (QED) is 0.686. The Bertz CT molecular complexity index is 831. The van der Waals surface area contributed by atoms with E-state index in [0.29, 0.717) is 30.6 Å². The van der Waals surface area contributed by atoms with Crippen molar-refractivity contribution in [2.45, 2.75) is 18.3 Å². The van der Waals surface area contributed by atoms with Gasteiger partial charge in [0.05, 0.1) is 11.6 Å². The van der Waals surface area contributed by atoms with Crippen molar-refractivity contribution in [2.75, 3.05) is 13.2 Å². The fraction of sp³-hybridized carbons (Fsp3) is 0.294. The first-order chi connectivity index (χ1) is 11.8. The lowest BCUT2D eigenvalue weighted by molar-refractivity contribution is 0.0597. The molecule has 1 saturated heterocycles. The first kappa shape index (κ1) is 15.4. The molecule has 1 aliphatic heterocycles. The van der Waals surface area contributed by atoms with Crippen molar-refractivity contribution in [1.82, 2.24) is 20.1 Å². The summed E-state index contributed by atoms with van der Waals surface area (Å²) in [7, 11) is 0. The zero-order chi connectivity index (χ0) is 16.4. The third kappa shape index (κ3) is 2.74. The van der Waals surface area contributed by atoms with Gasteiger partial charge in [-0.3, -0.25) is 4.98 Å². The molecule has 6 nitrogen and oxygen atoms in total. The lowest BCUT2D eigenvalue weighted by Crippen LogP contribution is -2.36. The summed E-state index contributed by atoms with van der Waals surface area (Å²) in [5.74, 6) is 1.06. The van der Waals surface area contributed by atoms with Crippen LogP contribution in [0, 0.1) is 0 Å². The highest BCUT2D eigenvalue weighted by molar-refractivity contribution is 9.10. The summed E-state index contributed by atoms with van der Waals surface area (Å²) in [4.78, 5) is 12.9. The summed E-state index contributed by atoms with van der Waals surface area (Å²) in [6.07, 6.45) is 6.46. The van der Waals surface area contributed by atoms with E-state index >= 15 is 0 Å². The van der Waals surface area contributed by atoms with Crippen molar-refractivity contribution in [3.8, 4) is 11.6 Å². The maximum Gasteiger partial charge on any atom is 0.278 e. The van der Waals surface area contributed by atoms with E-state index in [0.717, 1.165) is 22.9 Å².